The first-order valence-electron chi connectivity index (χ1n) is 10.5. The molecule has 5 nitrogen and oxygen atoms in total. The molecule has 2 aromatic carbocycles. The number of rotatable bonds is 6. The van der Waals surface area contributed by atoms with Crippen LogP contribution in [0, 0.1) is 0 Å². The van der Waals surface area contributed by atoms with E-state index in [1.54, 1.807) is 4.90 Å². The minimum Gasteiger partial charge on any atom is -0.333 e. The van der Waals surface area contributed by atoms with Gasteiger partial charge in [-0.25, -0.2) is 8.42 Å². The standard InChI is InChI=1S/C24H28N2O3S/c27-24(18-25-14-11-22(12-15-25)21-9-5-2-6-10-21)26(17-20-7-3-1-4-8-20)23-13-16-30(28,29)19-23/h1-11,23H,12-19H2/t23-/m0/s1. The molecule has 2 aromatic rings. The van der Waals surface area contributed by atoms with E-state index >= 15 is 0 Å². The Kier molecular flexibility index (Phi) is 6.35. The lowest BCUT2D eigenvalue weighted by Crippen LogP contribution is -2.46. The zero-order chi connectivity index (χ0) is 21.0. The SMILES string of the molecule is O=C(CN1CC=C(c2ccccc2)CC1)N(Cc1ccccc1)[C@H]1CCS(=O)(=O)C1. The van der Waals surface area contributed by atoms with E-state index in [-0.39, 0.29) is 23.5 Å². The molecular formula is C24H28N2O3S. The van der Waals surface area contributed by atoms with E-state index in [1.807, 2.05) is 48.5 Å². The summed E-state index contributed by atoms with van der Waals surface area (Å²) in [7, 11) is -3.05. The van der Waals surface area contributed by atoms with Gasteiger partial charge in [0.15, 0.2) is 9.84 Å². The highest BCUT2D eigenvalue weighted by molar-refractivity contribution is 7.91. The summed E-state index contributed by atoms with van der Waals surface area (Å²) < 4.78 is 24.1. The van der Waals surface area contributed by atoms with E-state index < -0.39 is 9.84 Å². The average Bonchev–Trinajstić information content (AvgIpc) is 3.13. The molecule has 158 valence electrons. The number of amides is 1. The van der Waals surface area contributed by atoms with Crippen molar-refractivity contribution in [2.45, 2.75) is 25.4 Å². The van der Waals surface area contributed by atoms with Gasteiger partial charge in [0.1, 0.15) is 0 Å². The van der Waals surface area contributed by atoms with Crippen molar-refractivity contribution in [1.29, 1.82) is 0 Å². The monoisotopic (exact) mass is 424 g/mol. The van der Waals surface area contributed by atoms with Gasteiger partial charge in [0.25, 0.3) is 0 Å². The van der Waals surface area contributed by atoms with Crippen LogP contribution in [-0.4, -0.2) is 61.3 Å². The number of sulfone groups is 1. The molecule has 0 unspecified atom stereocenters. The minimum absolute atomic E-state index is 0.0116. The van der Waals surface area contributed by atoms with Gasteiger partial charge in [-0.3, -0.25) is 9.69 Å². The molecule has 2 aliphatic rings. The second-order valence-corrected chi connectivity index (χ2v) is 10.4. The zero-order valence-corrected chi connectivity index (χ0v) is 17.9. The van der Waals surface area contributed by atoms with Gasteiger partial charge in [0.05, 0.1) is 18.1 Å². The lowest BCUT2D eigenvalue weighted by atomic mass is 9.99. The maximum absolute atomic E-state index is 13.2. The molecule has 4 rings (SSSR count). The summed E-state index contributed by atoms with van der Waals surface area (Å²) >= 11 is 0. The van der Waals surface area contributed by atoms with E-state index in [9.17, 15) is 13.2 Å². The van der Waals surface area contributed by atoms with Crippen LogP contribution in [0.1, 0.15) is 24.0 Å². The van der Waals surface area contributed by atoms with Gasteiger partial charge in [-0.15, -0.1) is 0 Å². The molecule has 0 saturated carbocycles. The first kappa shape index (κ1) is 20.8. The Labute approximate surface area is 178 Å². The van der Waals surface area contributed by atoms with Crippen molar-refractivity contribution in [3.8, 4) is 0 Å². The number of carbonyl (C=O) groups excluding carboxylic acids is 1. The van der Waals surface area contributed by atoms with Crippen LogP contribution in [0.4, 0.5) is 0 Å². The Morgan fingerprint density at radius 2 is 1.73 bits per heavy atom. The molecule has 6 heteroatoms. The van der Waals surface area contributed by atoms with E-state index in [0.717, 1.165) is 25.1 Å². The van der Waals surface area contributed by atoms with Gasteiger partial charge in [-0.1, -0.05) is 66.7 Å². The van der Waals surface area contributed by atoms with Crippen molar-refractivity contribution in [2.24, 2.45) is 0 Å². The topological polar surface area (TPSA) is 57.7 Å². The zero-order valence-electron chi connectivity index (χ0n) is 17.1. The smallest absolute Gasteiger partial charge is 0.237 e. The second-order valence-electron chi connectivity index (χ2n) is 8.14. The van der Waals surface area contributed by atoms with Crippen LogP contribution in [0.15, 0.2) is 66.7 Å². The minimum atomic E-state index is -3.05. The summed E-state index contributed by atoms with van der Waals surface area (Å²) in [6, 6.07) is 19.9. The third-order valence-corrected chi connectivity index (χ3v) is 7.71. The summed E-state index contributed by atoms with van der Waals surface area (Å²) in [6.07, 6.45) is 3.64. The molecule has 30 heavy (non-hydrogen) atoms. The van der Waals surface area contributed by atoms with Crippen molar-refractivity contribution in [3.63, 3.8) is 0 Å². The van der Waals surface area contributed by atoms with Crippen LogP contribution in [0.3, 0.4) is 0 Å². The Morgan fingerprint density at radius 1 is 1.03 bits per heavy atom. The van der Waals surface area contributed by atoms with E-state index in [2.05, 4.69) is 23.1 Å². The van der Waals surface area contributed by atoms with E-state index in [4.69, 9.17) is 0 Å². The molecule has 0 N–H and O–H groups in total. The second kappa shape index (κ2) is 9.14. The third kappa shape index (κ3) is 5.18. The lowest BCUT2D eigenvalue weighted by molar-refractivity contribution is -0.134. The Bertz CT molecular complexity index is 1000. The molecule has 1 atom stereocenters. The third-order valence-electron chi connectivity index (χ3n) is 5.96. The quantitative estimate of drug-likeness (QED) is 0.715. The number of hydrogen-bond acceptors (Lipinski definition) is 4. The normalized spacial score (nSPS) is 21.2. The fourth-order valence-corrected chi connectivity index (χ4v) is 6.00. The first-order chi connectivity index (χ1) is 14.5. The molecule has 0 radical (unpaired) electrons. The number of carbonyl (C=O) groups is 1. The molecule has 0 bridgehead atoms. The molecule has 2 aliphatic heterocycles. The molecule has 1 amide bonds. The molecule has 0 aromatic heterocycles. The van der Waals surface area contributed by atoms with Gasteiger partial charge >= 0.3 is 0 Å². The number of nitrogens with zero attached hydrogens (tertiary/aromatic N) is 2. The fourth-order valence-electron chi connectivity index (χ4n) is 4.27. The van der Waals surface area contributed by atoms with Gasteiger partial charge in [-0.2, -0.15) is 0 Å². The van der Waals surface area contributed by atoms with Gasteiger partial charge in [0.2, 0.25) is 5.91 Å². The average molecular weight is 425 g/mol. The van der Waals surface area contributed by atoms with Gasteiger partial charge < -0.3 is 4.90 Å². The summed E-state index contributed by atoms with van der Waals surface area (Å²) in [5.41, 5.74) is 3.59. The summed E-state index contributed by atoms with van der Waals surface area (Å²) in [5, 5.41) is 0. The van der Waals surface area contributed by atoms with Crippen LogP contribution in [0.5, 0.6) is 0 Å². The lowest BCUT2D eigenvalue weighted by Gasteiger charge is -2.32. The molecule has 0 spiro atoms. The van der Waals surface area contributed by atoms with Crippen LogP contribution in [-0.2, 0) is 21.2 Å². The van der Waals surface area contributed by atoms with Crippen molar-refractivity contribution < 1.29 is 13.2 Å². The molecule has 1 fully saturated rings. The van der Waals surface area contributed by atoms with Crippen molar-refractivity contribution in [2.75, 3.05) is 31.1 Å². The molecule has 0 aliphatic carbocycles. The van der Waals surface area contributed by atoms with E-state index in [0.29, 0.717) is 19.5 Å². The van der Waals surface area contributed by atoms with Crippen molar-refractivity contribution >= 4 is 21.3 Å². The van der Waals surface area contributed by atoms with Gasteiger partial charge in [-0.05, 0) is 29.5 Å². The highest BCUT2D eigenvalue weighted by Crippen LogP contribution is 2.23. The van der Waals surface area contributed by atoms with E-state index in [1.165, 1.54) is 11.1 Å². The first-order valence-corrected chi connectivity index (χ1v) is 12.3. The van der Waals surface area contributed by atoms with Crippen LogP contribution < -0.4 is 0 Å². The predicted molar refractivity (Wildman–Crippen MR) is 120 cm³/mol. The summed E-state index contributed by atoms with van der Waals surface area (Å²) in [6.45, 7) is 2.34. The maximum Gasteiger partial charge on any atom is 0.237 e. The maximum atomic E-state index is 13.2. The Balaban J connectivity index is 1.43. The van der Waals surface area contributed by atoms with Crippen molar-refractivity contribution in [1.82, 2.24) is 9.80 Å². The van der Waals surface area contributed by atoms with Crippen LogP contribution in [0.2, 0.25) is 0 Å². The van der Waals surface area contributed by atoms with Crippen molar-refractivity contribution in [3.05, 3.63) is 77.9 Å². The van der Waals surface area contributed by atoms with Gasteiger partial charge in [0, 0.05) is 25.7 Å². The Morgan fingerprint density at radius 3 is 2.33 bits per heavy atom. The number of benzene rings is 2. The molecular weight excluding hydrogens is 396 g/mol. The Hall–Kier alpha value is -2.44. The summed E-state index contributed by atoms with van der Waals surface area (Å²) in [5.74, 6) is 0.254. The highest BCUT2D eigenvalue weighted by atomic mass is 32.2. The highest BCUT2D eigenvalue weighted by Gasteiger charge is 2.35. The summed E-state index contributed by atoms with van der Waals surface area (Å²) in [4.78, 5) is 17.2. The number of hydrogen-bond donors (Lipinski definition) is 0. The molecule has 1 saturated heterocycles. The van der Waals surface area contributed by atoms with Crippen LogP contribution >= 0.6 is 0 Å². The molecule has 2 heterocycles. The largest absolute Gasteiger partial charge is 0.333 e. The fraction of sp³-hybridized carbons (Fsp3) is 0.375. The predicted octanol–water partition coefficient (Wildman–Crippen LogP) is 2.99. The van der Waals surface area contributed by atoms with Crippen LogP contribution in [0.25, 0.3) is 5.57 Å².